The number of rotatable bonds is 5. The summed E-state index contributed by atoms with van der Waals surface area (Å²) in [7, 11) is 2.20. The van der Waals surface area contributed by atoms with Crippen LogP contribution in [0.5, 0.6) is 0 Å². The zero-order valence-corrected chi connectivity index (χ0v) is 17.8. The Morgan fingerprint density at radius 3 is 2.64 bits per heavy atom. The number of hydrogen-bond donors (Lipinski definition) is 2. The number of likely N-dealkylation sites (tertiary alicyclic amines) is 1. The van der Waals surface area contributed by atoms with Crippen LogP contribution in [0.3, 0.4) is 0 Å². The number of guanidine groups is 1. The molecule has 0 aliphatic carbocycles. The fourth-order valence-corrected chi connectivity index (χ4v) is 3.66. The van der Waals surface area contributed by atoms with Crippen molar-refractivity contribution in [2.75, 3.05) is 51.2 Å². The Kier molecular flexibility index (Phi) is 8.29. The molecule has 0 bridgehead atoms. The number of nitrogens with one attached hydrogen (secondary N) is 2. The first kappa shape index (κ1) is 20.3. The monoisotopic (exact) mass is 457 g/mol. The Labute approximate surface area is 169 Å². The van der Waals surface area contributed by atoms with Crippen molar-refractivity contribution in [3.8, 4) is 0 Å². The third kappa shape index (κ3) is 6.02. The lowest BCUT2D eigenvalue weighted by Gasteiger charge is -2.20. The van der Waals surface area contributed by atoms with E-state index in [0.717, 1.165) is 38.6 Å². The van der Waals surface area contributed by atoms with Crippen molar-refractivity contribution in [2.45, 2.75) is 25.8 Å². The van der Waals surface area contributed by atoms with Crippen LogP contribution in [0.4, 0.5) is 5.69 Å². The minimum absolute atomic E-state index is 0. The molecule has 0 amide bonds. The maximum atomic E-state index is 4.84. The van der Waals surface area contributed by atoms with Gasteiger partial charge >= 0.3 is 0 Å². The van der Waals surface area contributed by atoms with Crippen molar-refractivity contribution in [3.05, 3.63) is 30.3 Å². The molecule has 6 heteroatoms. The van der Waals surface area contributed by atoms with Gasteiger partial charge < -0.3 is 20.4 Å². The third-order valence-electron chi connectivity index (χ3n) is 4.99. The van der Waals surface area contributed by atoms with E-state index in [1.54, 1.807) is 0 Å². The quantitative estimate of drug-likeness (QED) is 0.405. The van der Waals surface area contributed by atoms with Crippen molar-refractivity contribution in [1.29, 1.82) is 0 Å². The van der Waals surface area contributed by atoms with Crippen molar-refractivity contribution in [3.63, 3.8) is 0 Å². The smallest absolute Gasteiger partial charge is 0.191 e. The van der Waals surface area contributed by atoms with E-state index in [9.17, 15) is 0 Å². The van der Waals surface area contributed by atoms with Crippen molar-refractivity contribution >= 4 is 35.6 Å². The minimum Gasteiger partial charge on any atom is -0.369 e. The lowest BCUT2D eigenvalue weighted by Crippen LogP contribution is -2.44. The molecule has 1 aromatic carbocycles. The standard InChI is InChI=1S/C19H31N5.HI/c1-3-20-19(21-13-16-9-11-23(2)14-16)22-17-10-12-24(15-17)18-7-5-4-6-8-18;/h4-8,16-17H,3,9-15H2,1-2H3,(H2,20,21,22);1H. The van der Waals surface area contributed by atoms with Crippen LogP contribution >= 0.6 is 24.0 Å². The van der Waals surface area contributed by atoms with E-state index in [0.29, 0.717) is 12.0 Å². The largest absolute Gasteiger partial charge is 0.369 e. The van der Waals surface area contributed by atoms with Crippen molar-refractivity contribution in [1.82, 2.24) is 15.5 Å². The van der Waals surface area contributed by atoms with Crippen molar-refractivity contribution < 1.29 is 0 Å². The molecular weight excluding hydrogens is 425 g/mol. The van der Waals surface area contributed by atoms with Gasteiger partial charge in [0.05, 0.1) is 0 Å². The fourth-order valence-electron chi connectivity index (χ4n) is 3.66. The van der Waals surface area contributed by atoms with E-state index in [-0.39, 0.29) is 24.0 Å². The maximum absolute atomic E-state index is 4.84. The molecule has 3 rings (SSSR count). The summed E-state index contributed by atoms with van der Waals surface area (Å²) in [5, 5.41) is 7.04. The van der Waals surface area contributed by atoms with Crippen LogP contribution in [-0.2, 0) is 0 Å². The number of anilines is 1. The van der Waals surface area contributed by atoms with E-state index in [1.807, 2.05) is 0 Å². The molecule has 2 fully saturated rings. The first-order valence-electron chi connectivity index (χ1n) is 9.28. The Morgan fingerprint density at radius 2 is 1.96 bits per heavy atom. The topological polar surface area (TPSA) is 42.9 Å². The molecule has 2 atom stereocenters. The Morgan fingerprint density at radius 1 is 1.16 bits per heavy atom. The molecule has 2 aliphatic rings. The predicted molar refractivity (Wildman–Crippen MR) is 117 cm³/mol. The van der Waals surface area contributed by atoms with Crippen LogP contribution < -0.4 is 15.5 Å². The van der Waals surface area contributed by atoms with Gasteiger partial charge in [0.15, 0.2) is 5.96 Å². The van der Waals surface area contributed by atoms with Crippen LogP contribution in [0, 0.1) is 5.92 Å². The summed E-state index contributed by atoms with van der Waals surface area (Å²) in [6, 6.07) is 11.2. The second kappa shape index (κ2) is 10.2. The Hall–Kier alpha value is -1.02. The first-order chi connectivity index (χ1) is 11.7. The summed E-state index contributed by atoms with van der Waals surface area (Å²) >= 11 is 0. The van der Waals surface area contributed by atoms with Gasteiger partial charge in [-0.2, -0.15) is 0 Å². The number of halogens is 1. The number of nitrogens with zero attached hydrogens (tertiary/aromatic N) is 3. The molecule has 2 N–H and O–H groups in total. The Balaban J connectivity index is 0.00000225. The summed E-state index contributed by atoms with van der Waals surface area (Å²) < 4.78 is 0. The second-order valence-corrected chi connectivity index (χ2v) is 7.05. The molecule has 0 radical (unpaired) electrons. The number of para-hydroxylation sites is 1. The molecule has 1 aromatic rings. The van der Waals surface area contributed by atoms with E-state index in [1.165, 1.54) is 25.2 Å². The highest BCUT2D eigenvalue weighted by molar-refractivity contribution is 14.0. The van der Waals surface area contributed by atoms with E-state index < -0.39 is 0 Å². The highest BCUT2D eigenvalue weighted by Crippen LogP contribution is 2.19. The number of aliphatic imine (C=N–C) groups is 1. The van der Waals surface area contributed by atoms with Gasteiger partial charge in [0.2, 0.25) is 0 Å². The molecule has 0 saturated carbocycles. The summed E-state index contributed by atoms with van der Waals surface area (Å²) in [5.74, 6) is 1.68. The lowest BCUT2D eigenvalue weighted by molar-refractivity contribution is 0.397. The van der Waals surface area contributed by atoms with Gasteiger partial charge in [-0.25, -0.2) is 0 Å². The normalized spacial score (nSPS) is 24.2. The van der Waals surface area contributed by atoms with E-state index in [2.05, 4.69) is 64.7 Å². The highest BCUT2D eigenvalue weighted by Gasteiger charge is 2.24. The van der Waals surface area contributed by atoms with Crippen LogP contribution in [0.1, 0.15) is 19.8 Å². The van der Waals surface area contributed by atoms with E-state index in [4.69, 9.17) is 4.99 Å². The predicted octanol–water partition coefficient (Wildman–Crippen LogP) is 2.39. The summed E-state index contributed by atoms with van der Waals surface area (Å²) in [6.07, 6.45) is 2.43. The van der Waals surface area contributed by atoms with Crippen LogP contribution in [0.15, 0.2) is 35.3 Å². The molecule has 140 valence electrons. The summed E-state index contributed by atoms with van der Waals surface area (Å²) in [6.45, 7) is 8.49. The highest BCUT2D eigenvalue weighted by atomic mass is 127. The molecule has 25 heavy (non-hydrogen) atoms. The molecule has 2 aliphatic heterocycles. The lowest BCUT2D eigenvalue weighted by atomic mass is 10.1. The molecule has 2 unspecified atom stereocenters. The zero-order valence-electron chi connectivity index (χ0n) is 15.4. The van der Waals surface area contributed by atoms with Crippen LogP contribution in [-0.4, -0.2) is 63.2 Å². The SMILES string of the molecule is CCNC(=NCC1CCN(C)C1)NC1CCN(c2ccccc2)C1.I. The van der Waals surface area contributed by atoms with Crippen LogP contribution in [0.25, 0.3) is 0 Å². The molecule has 2 saturated heterocycles. The minimum atomic E-state index is 0. The van der Waals surface area contributed by atoms with Crippen LogP contribution in [0.2, 0.25) is 0 Å². The summed E-state index contributed by atoms with van der Waals surface area (Å²) in [4.78, 5) is 9.69. The number of benzene rings is 1. The van der Waals surface area contributed by atoms with E-state index >= 15 is 0 Å². The van der Waals surface area contributed by atoms with Gasteiger partial charge in [-0.1, -0.05) is 18.2 Å². The van der Waals surface area contributed by atoms with Gasteiger partial charge in [0.1, 0.15) is 0 Å². The average molecular weight is 457 g/mol. The molecule has 2 heterocycles. The second-order valence-electron chi connectivity index (χ2n) is 7.05. The van der Waals surface area contributed by atoms with Gasteiger partial charge in [-0.15, -0.1) is 24.0 Å². The van der Waals surface area contributed by atoms with Crippen molar-refractivity contribution in [2.24, 2.45) is 10.9 Å². The molecular formula is C19H32IN5. The van der Waals surface area contributed by atoms with Gasteiger partial charge in [0, 0.05) is 44.5 Å². The zero-order chi connectivity index (χ0) is 16.8. The molecule has 5 nitrogen and oxygen atoms in total. The van der Waals surface area contributed by atoms with Gasteiger partial charge in [-0.3, -0.25) is 4.99 Å². The number of hydrogen-bond acceptors (Lipinski definition) is 3. The van der Waals surface area contributed by atoms with Gasteiger partial charge in [0.25, 0.3) is 0 Å². The maximum Gasteiger partial charge on any atom is 0.191 e. The average Bonchev–Trinajstić information content (AvgIpc) is 3.23. The molecule has 0 aromatic heterocycles. The summed E-state index contributed by atoms with van der Waals surface area (Å²) in [5.41, 5.74) is 1.32. The van der Waals surface area contributed by atoms with Gasteiger partial charge in [-0.05, 0) is 51.4 Å². The Bertz CT molecular complexity index is 536. The first-order valence-corrected chi connectivity index (χ1v) is 9.28. The fraction of sp³-hybridized carbons (Fsp3) is 0.632. The molecule has 0 spiro atoms. The third-order valence-corrected chi connectivity index (χ3v) is 4.99.